The van der Waals surface area contributed by atoms with Gasteiger partial charge in [-0.15, -0.1) is 11.6 Å². The van der Waals surface area contributed by atoms with Crippen LogP contribution in [0.1, 0.15) is 58.8 Å². The Morgan fingerprint density at radius 1 is 1.12 bits per heavy atom. The van der Waals surface area contributed by atoms with Gasteiger partial charge in [-0.2, -0.15) is 0 Å². The van der Waals surface area contributed by atoms with Crippen molar-refractivity contribution in [2.24, 2.45) is 5.92 Å². The smallest absolute Gasteiger partial charge is 0.0223 e. The second kappa shape index (κ2) is 8.36. The van der Waals surface area contributed by atoms with Crippen molar-refractivity contribution in [3.63, 3.8) is 0 Å². The fraction of sp³-hybridized carbons (Fsp3) is 1.00. The van der Waals surface area contributed by atoms with Crippen LogP contribution in [0.5, 0.6) is 0 Å². The van der Waals surface area contributed by atoms with E-state index in [-0.39, 0.29) is 0 Å². The van der Waals surface area contributed by atoms with Gasteiger partial charge in [0.05, 0.1) is 0 Å². The van der Waals surface area contributed by atoms with Crippen LogP contribution in [0.2, 0.25) is 0 Å². The lowest BCUT2D eigenvalue weighted by Gasteiger charge is -2.30. The van der Waals surface area contributed by atoms with Crippen LogP contribution in [0.4, 0.5) is 0 Å². The van der Waals surface area contributed by atoms with E-state index >= 15 is 0 Å². The fourth-order valence-electron chi connectivity index (χ4n) is 2.75. The maximum atomic E-state index is 5.71. The molecule has 1 aliphatic carbocycles. The average Bonchev–Trinajstić information content (AvgIpc) is 2.75. The molecule has 1 nitrogen and oxygen atoms in total. The summed E-state index contributed by atoms with van der Waals surface area (Å²) in [6.07, 6.45) is 9.56. The Bertz CT molecular complexity index is 164. The molecule has 0 heterocycles. The highest BCUT2D eigenvalue weighted by atomic mass is 35.5. The van der Waals surface area contributed by atoms with Crippen LogP contribution >= 0.6 is 11.6 Å². The summed E-state index contributed by atoms with van der Waals surface area (Å²) in [4.78, 5) is 2.74. The number of nitrogens with zero attached hydrogens (tertiary/aromatic N) is 1. The molecule has 0 aliphatic heterocycles. The van der Waals surface area contributed by atoms with Gasteiger partial charge >= 0.3 is 0 Å². The molecule has 1 aliphatic rings. The first kappa shape index (κ1) is 14.3. The number of hydrogen-bond donors (Lipinski definition) is 0. The normalized spacial score (nSPS) is 17.8. The Labute approximate surface area is 107 Å². The van der Waals surface area contributed by atoms with Gasteiger partial charge in [0.1, 0.15) is 0 Å². The molecule has 1 saturated carbocycles. The van der Waals surface area contributed by atoms with E-state index in [2.05, 4.69) is 18.7 Å². The molecule has 1 rings (SSSR count). The van der Waals surface area contributed by atoms with E-state index < -0.39 is 0 Å². The van der Waals surface area contributed by atoms with Gasteiger partial charge in [0.25, 0.3) is 0 Å². The summed E-state index contributed by atoms with van der Waals surface area (Å²) in [6.45, 7) is 7.24. The number of alkyl halides is 1. The summed E-state index contributed by atoms with van der Waals surface area (Å²) in [6, 6.07) is 0.887. The van der Waals surface area contributed by atoms with Gasteiger partial charge < -0.3 is 4.90 Å². The molecule has 96 valence electrons. The van der Waals surface area contributed by atoms with E-state index in [4.69, 9.17) is 11.6 Å². The zero-order valence-corrected chi connectivity index (χ0v) is 11.8. The van der Waals surface area contributed by atoms with E-state index in [1.807, 2.05) is 0 Å². The van der Waals surface area contributed by atoms with Crippen molar-refractivity contribution in [2.45, 2.75) is 64.8 Å². The van der Waals surface area contributed by atoms with Crippen LogP contribution in [0.15, 0.2) is 0 Å². The Kier molecular flexibility index (Phi) is 7.47. The predicted molar refractivity (Wildman–Crippen MR) is 73.2 cm³/mol. The number of halogens is 1. The van der Waals surface area contributed by atoms with Crippen molar-refractivity contribution in [1.29, 1.82) is 0 Å². The highest BCUT2D eigenvalue weighted by Gasteiger charge is 2.22. The highest BCUT2D eigenvalue weighted by molar-refractivity contribution is 6.17. The second-order valence-electron chi connectivity index (χ2n) is 5.58. The monoisotopic (exact) mass is 245 g/mol. The Hall–Kier alpha value is 0.250. The standard InChI is InChI=1S/C14H28ClN/c1-13(2)12-16(11-7-3-6-10-15)14-8-4-5-9-14/h13-14H,3-12H2,1-2H3. The van der Waals surface area contributed by atoms with Gasteiger partial charge in [-0.3, -0.25) is 0 Å². The van der Waals surface area contributed by atoms with Crippen LogP contribution in [0.25, 0.3) is 0 Å². The largest absolute Gasteiger partial charge is 0.300 e. The molecule has 0 aromatic rings. The minimum atomic E-state index is 0.800. The minimum Gasteiger partial charge on any atom is -0.300 e. The minimum absolute atomic E-state index is 0.800. The Balaban J connectivity index is 2.25. The molecule has 2 heteroatoms. The average molecular weight is 246 g/mol. The second-order valence-corrected chi connectivity index (χ2v) is 5.95. The third kappa shape index (κ3) is 5.54. The van der Waals surface area contributed by atoms with Gasteiger partial charge in [-0.25, -0.2) is 0 Å². The van der Waals surface area contributed by atoms with E-state index in [0.717, 1.165) is 17.8 Å². The van der Waals surface area contributed by atoms with Crippen molar-refractivity contribution in [3.05, 3.63) is 0 Å². The molecule has 0 atom stereocenters. The topological polar surface area (TPSA) is 3.24 Å². The maximum Gasteiger partial charge on any atom is 0.0223 e. The summed E-state index contributed by atoms with van der Waals surface area (Å²) < 4.78 is 0. The lowest BCUT2D eigenvalue weighted by Crippen LogP contribution is -2.37. The number of rotatable bonds is 8. The van der Waals surface area contributed by atoms with E-state index in [0.29, 0.717) is 0 Å². The Morgan fingerprint density at radius 2 is 1.81 bits per heavy atom. The first-order valence-corrected chi connectivity index (χ1v) is 7.57. The predicted octanol–water partition coefficient (Wildman–Crippen LogP) is 4.30. The van der Waals surface area contributed by atoms with Gasteiger partial charge in [0.15, 0.2) is 0 Å². The molecular formula is C14H28ClN. The SMILES string of the molecule is CC(C)CN(CCCCCCl)C1CCCC1. The van der Waals surface area contributed by atoms with Crippen molar-refractivity contribution in [1.82, 2.24) is 4.90 Å². The molecule has 0 saturated heterocycles. The van der Waals surface area contributed by atoms with Crippen LogP contribution in [-0.2, 0) is 0 Å². The molecule has 16 heavy (non-hydrogen) atoms. The third-order valence-corrected chi connectivity index (χ3v) is 3.79. The molecule has 0 N–H and O–H groups in total. The molecule has 1 fully saturated rings. The summed E-state index contributed by atoms with van der Waals surface area (Å²) in [5.41, 5.74) is 0. The maximum absolute atomic E-state index is 5.71. The summed E-state index contributed by atoms with van der Waals surface area (Å²) in [5.74, 6) is 1.63. The zero-order valence-electron chi connectivity index (χ0n) is 11.1. The molecule has 0 bridgehead atoms. The van der Waals surface area contributed by atoms with Gasteiger partial charge in [0, 0.05) is 18.5 Å². The van der Waals surface area contributed by atoms with Crippen LogP contribution < -0.4 is 0 Å². The quantitative estimate of drug-likeness (QED) is 0.455. The van der Waals surface area contributed by atoms with Crippen molar-refractivity contribution in [2.75, 3.05) is 19.0 Å². The summed E-state index contributed by atoms with van der Waals surface area (Å²) >= 11 is 5.71. The number of hydrogen-bond acceptors (Lipinski definition) is 1. The zero-order chi connectivity index (χ0) is 11.8. The molecule has 0 spiro atoms. The van der Waals surface area contributed by atoms with Crippen molar-refractivity contribution < 1.29 is 0 Å². The number of unbranched alkanes of at least 4 members (excludes halogenated alkanes) is 2. The molecule has 0 aromatic carbocycles. The van der Waals surface area contributed by atoms with E-state index in [1.165, 1.54) is 58.0 Å². The molecule has 0 unspecified atom stereocenters. The van der Waals surface area contributed by atoms with Gasteiger partial charge in [-0.05, 0) is 38.1 Å². The lowest BCUT2D eigenvalue weighted by molar-refractivity contribution is 0.174. The lowest BCUT2D eigenvalue weighted by atomic mass is 10.1. The first-order chi connectivity index (χ1) is 7.74. The molecule has 0 amide bonds. The Morgan fingerprint density at radius 3 is 2.38 bits per heavy atom. The first-order valence-electron chi connectivity index (χ1n) is 7.04. The van der Waals surface area contributed by atoms with E-state index in [1.54, 1.807) is 0 Å². The van der Waals surface area contributed by atoms with Crippen molar-refractivity contribution in [3.8, 4) is 0 Å². The third-order valence-electron chi connectivity index (χ3n) is 3.52. The van der Waals surface area contributed by atoms with Gasteiger partial charge in [-0.1, -0.05) is 33.1 Å². The highest BCUT2D eigenvalue weighted by Crippen LogP contribution is 2.24. The fourth-order valence-corrected chi connectivity index (χ4v) is 2.94. The van der Waals surface area contributed by atoms with E-state index in [9.17, 15) is 0 Å². The van der Waals surface area contributed by atoms with Crippen molar-refractivity contribution >= 4 is 11.6 Å². The van der Waals surface area contributed by atoms with Crippen LogP contribution in [-0.4, -0.2) is 29.9 Å². The summed E-state index contributed by atoms with van der Waals surface area (Å²) in [7, 11) is 0. The summed E-state index contributed by atoms with van der Waals surface area (Å²) in [5, 5.41) is 0. The molecule has 0 aromatic heterocycles. The molecule has 0 radical (unpaired) electrons. The van der Waals surface area contributed by atoms with Gasteiger partial charge in [0.2, 0.25) is 0 Å². The van der Waals surface area contributed by atoms with Crippen LogP contribution in [0, 0.1) is 5.92 Å². The molecular weight excluding hydrogens is 218 g/mol. The van der Waals surface area contributed by atoms with Crippen LogP contribution in [0.3, 0.4) is 0 Å².